The quantitative estimate of drug-likeness (QED) is 0.833. The molecule has 20 heavy (non-hydrogen) atoms. The standard InChI is InChI=1S/C15H26N2O2.ClH/c1-9(13-7-10-2-3-11(13)6-10)17-15(18)14-5-4-12(8-16)19-14;/h9-14H,2-8,16H2,1H3,(H,17,18);1H/t9?,10?,11?,12-,13?,14+;/m1./s1. The van der Waals surface area contributed by atoms with Crippen molar-refractivity contribution in [2.24, 2.45) is 23.5 Å². The van der Waals surface area contributed by atoms with Crippen molar-refractivity contribution < 1.29 is 9.53 Å². The SMILES string of the molecule is CC(NC(=O)[C@@H]1CC[C@H](CN)O1)C1CC2CCC1C2.Cl. The van der Waals surface area contributed by atoms with Crippen LogP contribution in [0.25, 0.3) is 0 Å². The maximum absolute atomic E-state index is 12.2. The largest absolute Gasteiger partial charge is 0.364 e. The Balaban J connectivity index is 0.00000147. The van der Waals surface area contributed by atoms with Crippen molar-refractivity contribution in [2.45, 2.75) is 63.7 Å². The summed E-state index contributed by atoms with van der Waals surface area (Å²) in [6.07, 6.45) is 7.01. The molecule has 0 aromatic heterocycles. The predicted octanol–water partition coefficient (Wildman–Crippen LogP) is 1.86. The third-order valence-electron chi connectivity index (χ3n) is 5.47. The molecule has 3 rings (SSSR count). The van der Waals surface area contributed by atoms with E-state index in [2.05, 4.69) is 12.2 Å². The lowest BCUT2D eigenvalue weighted by molar-refractivity contribution is -0.133. The number of ether oxygens (including phenoxy) is 1. The van der Waals surface area contributed by atoms with Gasteiger partial charge in [-0.25, -0.2) is 0 Å². The first-order valence-corrected chi connectivity index (χ1v) is 7.83. The van der Waals surface area contributed by atoms with Gasteiger partial charge in [0.1, 0.15) is 6.10 Å². The van der Waals surface area contributed by atoms with Gasteiger partial charge in [0.05, 0.1) is 6.10 Å². The van der Waals surface area contributed by atoms with Gasteiger partial charge in [-0.05, 0) is 56.8 Å². The first kappa shape index (κ1) is 16.1. The number of hydrogen-bond donors (Lipinski definition) is 2. The summed E-state index contributed by atoms with van der Waals surface area (Å²) in [7, 11) is 0. The van der Waals surface area contributed by atoms with Gasteiger partial charge in [-0.15, -0.1) is 12.4 Å². The van der Waals surface area contributed by atoms with Gasteiger partial charge >= 0.3 is 0 Å². The zero-order chi connectivity index (χ0) is 13.4. The number of hydrogen-bond acceptors (Lipinski definition) is 3. The number of carbonyl (C=O) groups excluding carboxylic acids is 1. The Bertz CT molecular complexity index is 353. The van der Waals surface area contributed by atoms with Crippen LogP contribution in [-0.2, 0) is 9.53 Å². The maximum atomic E-state index is 12.2. The van der Waals surface area contributed by atoms with Crippen LogP contribution in [0, 0.1) is 17.8 Å². The number of rotatable bonds is 4. The summed E-state index contributed by atoms with van der Waals surface area (Å²) in [5, 5.41) is 3.19. The second-order valence-electron chi connectivity index (χ2n) is 6.70. The molecule has 4 nitrogen and oxygen atoms in total. The number of nitrogens with one attached hydrogen (secondary N) is 1. The molecule has 5 heteroatoms. The molecule has 0 spiro atoms. The van der Waals surface area contributed by atoms with Crippen molar-refractivity contribution in [3.63, 3.8) is 0 Å². The number of nitrogens with two attached hydrogens (primary N) is 1. The fraction of sp³-hybridized carbons (Fsp3) is 0.933. The van der Waals surface area contributed by atoms with E-state index in [1.807, 2.05) is 0 Å². The molecular formula is C15H27ClN2O2. The van der Waals surface area contributed by atoms with E-state index < -0.39 is 0 Å². The number of halogens is 1. The fourth-order valence-corrected chi connectivity index (χ4v) is 4.40. The Morgan fingerprint density at radius 1 is 1.30 bits per heavy atom. The van der Waals surface area contributed by atoms with Gasteiger partial charge in [0.15, 0.2) is 0 Å². The van der Waals surface area contributed by atoms with E-state index in [1.165, 1.54) is 25.7 Å². The Hall–Kier alpha value is -0.320. The monoisotopic (exact) mass is 302 g/mol. The summed E-state index contributed by atoms with van der Waals surface area (Å²) < 4.78 is 5.66. The van der Waals surface area contributed by atoms with E-state index in [-0.39, 0.29) is 30.5 Å². The molecule has 1 amide bonds. The molecule has 2 saturated carbocycles. The van der Waals surface area contributed by atoms with Gasteiger partial charge in [0.25, 0.3) is 0 Å². The lowest BCUT2D eigenvalue weighted by Gasteiger charge is -2.29. The lowest BCUT2D eigenvalue weighted by Crippen LogP contribution is -2.45. The molecule has 116 valence electrons. The average molecular weight is 303 g/mol. The van der Waals surface area contributed by atoms with Gasteiger partial charge in [0.2, 0.25) is 5.91 Å². The Morgan fingerprint density at radius 2 is 2.10 bits per heavy atom. The first-order valence-electron chi connectivity index (χ1n) is 7.83. The van der Waals surface area contributed by atoms with Crippen LogP contribution in [0.5, 0.6) is 0 Å². The minimum absolute atomic E-state index is 0. The predicted molar refractivity (Wildman–Crippen MR) is 80.7 cm³/mol. The third-order valence-corrected chi connectivity index (χ3v) is 5.47. The van der Waals surface area contributed by atoms with Gasteiger partial charge in [-0.2, -0.15) is 0 Å². The van der Waals surface area contributed by atoms with E-state index >= 15 is 0 Å². The van der Waals surface area contributed by atoms with Gasteiger partial charge < -0.3 is 15.8 Å². The minimum Gasteiger partial charge on any atom is -0.364 e. The van der Waals surface area contributed by atoms with Crippen LogP contribution < -0.4 is 11.1 Å². The van der Waals surface area contributed by atoms with Crippen LogP contribution in [0.3, 0.4) is 0 Å². The van der Waals surface area contributed by atoms with Crippen LogP contribution in [-0.4, -0.2) is 30.7 Å². The number of amides is 1. The minimum atomic E-state index is -0.269. The van der Waals surface area contributed by atoms with Crippen LogP contribution >= 0.6 is 12.4 Å². The van der Waals surface area contributed by atoms with E-state index in [4.69, 9.17) is 10.5 Å². The number of fused-ring (bicyclic) bond motifs is 2. The molecule has 4 unspecified atom stereocenters. The number of carbonyl (C=O) groups is 1. The summed E-state index contributed by atoms with van der Waals surface area (Å²) in [6.45, 7) is 2.68. The fourth-order valence-electron chi connectivity index (χ4n) is 4.40. The molecule has 3 N–H and O–H groups in total. The van der Waals surface area contributed by atoms with Crippen LogP contribution in [0.1, 0.15) is 45.4 Å². The summed E-state index contributed by atoms with van der Waals surface area (Å²) in [4.78, 5) is 12.2. The third kappa shape index (κ3) is 3.12. The van der Waals surface area contributed by atoms with Crippen molar-refractivity contribution in [3.05, 3.63) is 0 Å². The van der Waals surface area contributed by atoms with E-state index in [0.717, 1.165) is 24.7 Å². The molecule has 0 aromatic carbocycles. The van der Waals surface area contributed by atoms with Gasteiger partial charge in [-0.3, -0.25) is 4.79 Å². The van der Waals surface area contributed by atoms with Crippen molar-refractivity contribution in [1.29, 1.82) is 0 Å². The molecule has 2 aliphatic carbocycles. The highest BCUT2D eigenvalue weighted by molar-refractivity contribution is 5.85. The molecule has 1 heterocycles. The second-order valence-corrected chi connectivity index (χ2v) is 6.70. The van der Waals surface area contributed by atoms with Crippen LogP contribution in [0.4, 0.5) is 0 Å². The van der Waals surface area contributed by atoms with E-state index in [9.17, 15) is 4.79 Å². The molecule has 2 bridgehead atoms. The molecule has 6 atom stereocenters. The van der Waals surface area contributed by atoms with Crippen molar-refractivity contribution >= 4 is 18.3 Å². The molecule has 1 aliphatic heterocycles. The highest BCUT2D eigenvalue weighted by Gasteiger charge is 2.42. The van der Waals surface area contributed by atoms with E-state index in [0.29, 0.717) is 18.5 Å². The lowest BCUT2D eigenvalue weighted by atomic mass is 9.84. The van der Waals surface area contributed by atoms with Crippen molar-refractivity contribution in [2.75, 3.05) is 6.54 Å². The van der Waals surface area contributed by atoms with Gasteiger partial charge in [-0.1, -0.05) is 6.42 Å². The average Bonchev–Trinajstić information content (AvgIpc) is 3.13. The molecule has 0 aromatic rings. The second kappa shape index (κ2) is 6.63. The zero-order valence-corrected chi connectivity index (χ0v) is 13.0. The molecule has 3 fully saturated rings. The van der Waals surface area contributed by atoms with E-state index in [1.54, 1.807) is 0 Å². The highest BCUT2D eigenvalue weighted by Crippen LogP contribution is 2.49. The summed E-state index contributed by atoms with van der Waals surface area (Å²) in [5.41, 5.74) is 5.58. The zero-order valence-electron chi connectivity index (χ0n) is 12.2. The topological polar surface area (TPSA) is 64.4 Å². The summed E-state index contributed by atoms with van der Waals surface area (Å²) in [5.74, 6) is 2.54. The highest BCUT2D eigenvalue weighted by atomic mass is 35.5. The van der Waals surface area contributed by atoms with Crippen LogP contribution in [0.15, 0.2) is 0 Å². The Morgan fingerprint density at radius 3 is 2.65 bits per heavy atom. The molecule has 1 saturated heterocycles. The summed E-state index contributed by atoms with van der Waals surface area (Å²) in [6, 6.07) is 0.295. The molecule has 0 radical (unpaired) electrons. The normalized spacial score (nSPS) is 40.4. The van der Waals surface area contributed by atoms with Gasteiger partial charge in [0, 0.05) is 12.6 Å². The van der Waals surface area contributed by atoms with Crippen LogP contribution in [0.2, 0.25) is 0 Å². The maximum Gasteiger partial charge on any atom is 0.249 e. The smallest absolute Gasteiger partial charge is 0.249 e. The summed E-state index contributed by atoms with van der Waals surface area (Å²) >= 11 is 0. The van der Waals surface area contributed by atoms with Crippen molar-refractivity contribution in [1.82, 2.24) is 5.32 Å². The molecular weight excluding hydrogens is 276 g/mol. The molecule has 3 aliphatic rings. The first-order chi connectivity index (χ1) is 9.17. The Labute approximate surface area is 127 Å². The Kier molecular flexibility index (Phi) is 5.32. The van der Waals surface area contributed by atoms with Crippen molar-refractivity contribution in [3.8, 4) is 0 Å².